The summed E-state index contributed by atoms with van der Waals surface area (Å²) in [6, 6.07) is 0. The molecule has 0 spiro atoms. The fourth-order valence-corrected chi connectivity index (χ4v) is 1.42. The van der Waals surface area contributed by atoms with Crippen LogP contribution in [0.2, 0.25) is 0 Å². The predicted octanol–water partition coefficient (Wildman–Crippen LogP) is 3.86. The minimum absolute atomic E-state index is 0.219. The molecular weight excluding hydrogens is 188 g/mol. The molecule has 0 aliphatic carbocycles. The molecule has 0 aromatic rings. The van der Waals surface area contributed by atoms with Gasteiger partial charge in [-0.1, -0.05) is 51.5 Å². The maximum atomic E-state index is 10.9. The third-order valence-electron chi connectivity index (χ3n) is 2.29. The highest BCUT2D eigenvalue weighted by Crippen LogP contribution is 2.06. The summed E-state index contributed by atoms with van der Waals surface area (Å²) in [6.07, 6.45) is 11.9. The van der Waals surface area contributed by atoms with Gasteiger partial charge in [-0.3, -0.25) is 0 Å². The molecule has 0 saturated heterocycles. The molecule has 0 N–H and O–H groups in total. The van der Waals surface area contributed by atoms with Crippen LogP contribution in [-0.2, 0) is 9.53 Å². The largest absolute Gasteiger partial charge is 0.463 e. The minimum atomic E-state index is -0.219. The van der Waals surface area contributed by atoms with Gasteiger partial charge < -0.3 is 4.74 Å². The Morgan fingerprint density at radius 1 is 1.07 bits per heavy atom. The van der Waals surface area contributed by atoms with Crippen LogP contribution in [0, 0.1) is 0 Å². The zero-order chi connectivity index (χ0) is 11.4. The Kier molecular flexibility index (Phi) is 10.7. The van der Waals surface area contributed by atoms with E-state index < -0.39 is 0 Å². The smallest absolute Gasteiger partial charge is 0.330 e. The first-order chi connectivity index (χ1) is 7.31. The summed E-state index contributed by atoms with van der Waals surface area (Å²) < 4.78 is 4.98. The lowest BCUT2D eigenvalue weighted by Crippen LogP contribution is -2.01. The molecule has 0 atom stereocenters. The zero-order valence-corrected chi connectivity index (χ0v) is 10.1. The second kappa shape index (κ2) is 11.3. The molecule has 0 aromatic heterocycles. The molecule has 0 aromatic carbocycles. The van der Waals surface area contributed by atoms with E-state index in [-0.39, 0.29) is 5.97 Å². The number of ether oxygens (including phenoxy) is 1. The molecule has 0 aliphatic rings. The van der Waals surface area contributed by atoms with E-state index in [1.165, 1.54) is 44.6 Å². The van der Waals surface area contributed by atoms with Gasteiger partial charge in [-0.05, 0) is 13.3 Å². The van der Waals surface area contributed by atoms with Crippen LogP contribution in [0.3, 0.4) is 0 Å². The standard InChI is InChI=1S/C13H24O2/c1-3-5-6-7-8-9-10-12-15-13(14)11-4-2/h4,11H,3,5-10,12H2,1-2H3. The van der Waals surface area contributed by atoms with Gasteiger partial charge in [0.25, 0.3) is 0 Å². The minimum Gasteiger partial charge on any atom is -0.463 e. The Morgan fingerprint density at radius 3 is 2.27 bits per heavy atom. The van der Waals surface area contributed by atoms with Crippen LogP contribution in [0.1, 0.15) is 58.8 Å². The van der Waals surface area contributed by atoms with E-state index in [0.717, 1.165) is 6.42 Å². The van der Waals surface area contributed by atoms with Crippen LogP contribution in [0.15, 0.2) is 12.2 Å². The van der Waals surface area contributed by atoms with Gasteiger partial charge in [0.05, 0.1) is 6.61 Å². The summed E-state index contributed by atoms with van der Waals surface area (Å²) in [5.41, 5.74) is 0. The van der Waals surface area contributed by atoms with Crippen molar-refractivity contribution in [3.63, 3.8) is 0 Å². The number of carbonyl (C=O) groups excluding carboxylic acids is 1. The van der Waals surface area contributed by atoms with Gasteiger partial charge in [-0.15, -0.1) is 0 Å². The number of hydrogen-bond acceptors (Lipinski definition) is 2. The Labute approximate surface area is 93.7 Å². The highest BCUT2D eigenvalue weighted by atomic mass is 16.5. The van der Waals surface area contributed by atoms with E-state index in [1.54, 1.807) is 6.08 Å². The maximum absolute atomic E-state index is 10.9. The van der Waals surface area contributed by atoms with Crippen molar-refractivity contribution in [1.29, 1.82) is 0 Å². The number of allylic oxidation sites excluding steroid dienone is 1. The van der Waals surface area contributed by atoms with Crippen molar-refractivity contribution in [2.75, 3.05) is 6.61 Å². The lowest BCUT2D eigenvalue weighted by atomic mass is 10.1. The van der Waals surface area contributed by atoms with E-state index in [4.69, 9.17) is 4.74 Å². The maximum Gasteiger partial charge on any atom is 0.330 e. The first-order valence-electron chi connectivity index (χ1n) is 6.10. The first-order valence-corrected chi connectivity index (χ1v) is 6.10. The van der Waals surface area contributed by atoms with Gasteiger partial charge in [0.1, 0.15) is 0 Å². The average molecular weight is 212 g/mol. The van der Waals surface area contributed by atoms with Gasteiger partial charge in [-0.2, -0.15) is 0 Å². The van der Waals surface area contributed by atoms with Crippen LogP contribution in [-0.4, -0.2) is 12.6 Å². The van der Waals surface area contributed by atoms with Gasteiger partial charge in [-0.25, -0.2) is 4.79 Å². The molecule has 0 heterocycles. The molecule has 0 fully saturated rings. The number of esters is 1. The Balaban J connectivity index is 3.08. The second-order valence-electron chi connectivity index (χ2n) is 3.79. The number of carbonyl (C=O) groups is 1. The summed E-state index contributed by atoms with van der Waals surface area (Å²) >= 11 is 0. The second-order valence-corrected chi connectivity index (χ2v) is 3.79. The highest BCUT2D eigenvalue weighted by molar-refractivity contribution is 5.81. The normalized spacial score (nSPS) is 10.8. The molecular formula is C13H24O2. The molecule has 88 valence electrons. The van der Waals surface area contributed by atoms with Gasteiger partial charge in [0, 0.05) is 6.08 Å². The van der Waals surface area contributed by atoms with Crippen molar-refractivity contribution in [2.45, 2.75) is 58.8 Å². The molecule has 0 rings (SSSR count). The summed E-state index contributed by atoms with van der Waals surface area (Å²) in [5.74, 6) is -0.219. The number of hydrogen-bond donors (Lipinski definition) is 0. The fourth-order valence-electron chi connectivity index (χ4n) is 1.42. The van der Waals surface area contributed by atoms with E-state index in [0.29, 0.717) is 6.61 Å². The predicted molar refractivity (Wildman–Crippen MR) is 63.8 cm³/mol. The van der Waals surface area contributed by atoms with Crippen molar-refractivity contribution in [2.24, 2.45) is 0 Å². The molecule has 0 bridgehead atoms. The Bertz CT molecular complexity index is 173. The lowest BCUT2D eigenvalue weighted by molar-refractivity contribution is -0.137. The lowest BCUT2D eigenvalue weighted by Gasteiger charge is -2.02. The summed E-state index contributed by atoms with van der Waals surface area (Å²) in [4.78, 5) is 10.9. The van der Waals surface area contributed by atoms with E-state index in [1.807, 2.05) is 6.92 Å². The molecule has 0 unspecified atom stereocenters. The van der Waals surface area contributed by atoms with Gasteiger partial charge >= 0.3 is 5.97 Å². The topological polar surface area (TPSA) is 26.3 Å². The summed E-state index contributed by atoms with van der Waals surface area (Å²) in [5, 5.41) is 0. The third kappa shape index (κ3) is 11.1. The van der Waals surface area contributed by atoms with Crippen LogP contribution in [0.4, 0.5) is 0 Å². The van der Waals surface area contributed by atoms with Crippen molar-refractivity contribution in [3.8, 4) is 0 Å². The molecule has 15 heavy (non-hydrogen) atoms. The van der Waals surface area contributed by atoms with Crippen LogP contribution < -0.4 is 0 Å². The highest BCUT2D eigenvalue weighted by Gasteiger charge is 1.95. The SMILES string of the molecule is CC=CC(=O)OCCCCCCCCC. The van der Waals surface area contributed by atoms with Gasteiger partial charge in [0.2, 0.25) is 0 Å². The van der Waals surface area contributed by atoms with Crippen LogP contribution >= 0.6 is 0 Å². The van der Waals surface area contributed by atoms with Crippen molar-refractivity contribution >= 4 is 5.97 Å². The average Bonchev–Trinajstić information content (AvgIpc) is 2.22. The summed E-state index contributed by atoms with van der Waals surface area (Å²) in [7, 11) is 0. The van der Waals surface area contributed by atoms with Crippen LogP contribution in [0.25, 0.3) is 0 Å². The van der Waals surface area contributed by atoms with E-state index >= 15 is 0 Å². The molecule has 2 heteroatoms. The van der Waals surface area contributed by atoms with Crippen LogP contribution in [0.5, 0.6) is 0 Å². The Morgan fingerprint density at radius 2 is 1.67 bits per heavy atom. The quantitative estimate of drug-likeness (QED) is 0.329. The fraction of sp³-hybridized carbons (Fsp3) is 0.769. The molecule has 0 aliphatic heterocycles. The zero-order valence-electron chi connectivity index (χ0n) is 10.1. The van der Waals surface area contributed by atoms with Crippen molar-refractivity contribution in [3.05, 3.63) is 12.2 Å². The van der Waals surface area contributed by atoms with E-state index in [9.17, 15) is 4.79 Å². The Hall–Kier alpha value is -0.790. The molecule has 0 radical (unpaired) electrons. The molecule has 0 amide bonds. The summed E-state index contributed by atoms with van der Waals surface area (Å²) in [6.45, 7) is 4.60. The van der Waals surface area contributed by atoms with Gasteiger partial charge in [0.15, 0.2) is 0 Å². The van der Waals surface area contributed by atoms with Crippen molar-refractivity contribution < 1.29 is 9.53 Å². The number of rotatable bonds is 9. The number of unbranched alkanes of at least 4 members (excludes halogenated alkanes) is 6. The monoisotopic (exact) mass is 212 g/mol. The van der Waals surface area contributed by atoms with Crippen molar-refractivity contribution in [1.82, 2.24) is 0 Å². The molecule has 2 nitrogen and oxygen atoms in total. The molecule has 0 saturated carbocycles. The first kappa shape index (κ1) is 14.2. The third-order valence-corrected chi connectivity index (χ3v) is 2.29. The van der Waals surface area contributed by atoms with E-state index in [2.05, 4.69) is 6.92 Å².